The van der Waals surface area contributed by atoms with Gasteiger partial charge in [0.2, 0.25) is 5.91 Å². The Labute approximate surface area is 139 Å². The molecule has 0 aromatic heterocycles. The van der Waals surface area contributed by atoms with Crippen molar-refractivity contribution in [1.82, 2.24) is 15.5 Å². The lowest BCUT2D eigenvalue weighted by Crippen LogP contribution is -2.47. The predicted octanol–water partition coefficient (Wildman–Crippen LogP) is 1.81. The standard InChI is InChI=1S/C19H29N3O/c23-19(18-8-4-5-11-20-18)21-14-17-10-13-22(15-17)12-9-16-6-2-1-3-7-16/h1-3,6-7,17-18,20H,4-5,8-15H2,(H,21,23)/t17?,18-/m1/s1. The number of carbonyl (C=O) groups is 1. The molecule has 23 heavy (non-hydrogen) atoms. The quantitative estimate of drug-likeness (QED) is 0.841. The summed E-state index contributed by atoms with van der Waals surface area (Å²) in [6.07, 6.45) is 5.67. The van der Waals surface area contributed by atoms with Crippen molar-refractivity contribution in [2.45, 2.75) is 38.1 Å². The van der Waals surface area contributed by atoms with Gasteiger partial charge in [0.1, 0.15) is 0 Å². The van der Waals surface area contributed by atoms with E-state index < -0.39 is 0 Å². The summed E-state index contributed by atoms with van der Waals surface area (Å²) >= 11 is 0. The van der Waals surface area contributed by atoms with Crippen LogP contribution in [0.25, 0.3) is 0 Å². The summed E-state index contributed by atoms with van der Waals surface area (Å²) in [6, 6.07) is 10.7. The highest BCUT2D eigenvalue weighted by Crippen LogP contribution is 2.16. The lowest BCUT2D eigenvalue weighted by Gasteiger charge is -2.23. The number of hydrogen-bond donors (Lipinski definition) is 2. The summed E-state index contributed by atoms with van der Waals surface area (Å²) in [5.41, 5.74) is 1.41. The number of rotatable bonds is 6. The molecule has 2 aliphatic heterocycles. The number of benzene rings is 1. The lowest BCUT2D eigenvalue weighted by molar-refractivity contribution is -0.123. The first kappa shape index (κ1) is 16.5. The molecular weight excluding hydrogens is 286 g/mol. The number of amides is 1. The van der Waals surface area contributed by atoms with Crippen LogP contribution in [0.1, 0.15) is 31.2 Å². The molecule has 2 saturated heterocycles. The molecule has 2 aliphatic rings. The van der Waals surface area contributed by atoms with Gasteiger partial charge in [0.05, 0.1) is 6.04 Å². The minimum absolute atomic E-state index is 0.0411. The molecule has 2 atom stereocenters. The van der Waals surface area contributed by atoms with Crippen LogP contribution in [0.15, 0.2) is 30.3 Å². The van der Waals surface area contributed by atoms with Gasteiger partial charge in [-0.1, -0.05) is 36.8 Å². The molecule has 2 N–H and O–H groups in total. The van der Waals surface area contributed by atoms with Gasteiger partial charge in [-0.15, -0.1) is 0 Å². The molecule has 4 heteroatoms. The first-order valence-corrected chi connectivity index (χ1v) is 9.08. The van der Waals surface area contributed by atoms with Crippen LogP contribution in [0, 0.1) is 5.92 Å². The van der Waals surface area contributed by atoms with E-state index in [0.717, 1.165) is 45.6 Å². The van der Waals surface area contributed by atoms with Crippen molar-refractivity contribution in [3.63, 3.8) is 0 Å². The SMILES string of the molecule is O=C(NCC1CCN(CCc2ccccc2)C1)[C@H]1CCCCN1. The van der Waals surface area contributed by atoms with E-state index in [1.165, 1.54) is 24.8 Å². The smallest absolute Gasteiger partial charge is 0.237 e. The average molecular weight is 315 g/mol. The summed E-state index contributed by atoms with van der Waals surface area (Å²) in [4.78, 5) is 14.7. The third-order valence-corrected chi connectivity index (χ3v) is 5.12. The van der Waals surface area contributed by atoms with E-state index in [0.29, 0.717) is 5.92 Å². The van der Waals surface area contributed by atoms with Crippen LogP contribution in [0.4, 0.5) is 0 Å². The zero-order valence-corrected chi connectivity index (χ0v) is 14.0. The number of carbonyl (C=O) groups excluding carboxylic acids is 1. The van der Waals surface area contributed by atoms with Crippen molar-refractivity contribution in [2.75, 3.05) is 32.7 Å². The Kier molecular flexibility index (Phi) is 6.06. The first-order valence-electron chi connectivity index (χ1n) is 9.08. The topological polar surface area (TPSA) is 44.4 Å². The second kappa shape index (κ2) is 8.46. The van der Waals surface area contributed by atoms with Crippen LogP contribution in [-0.4, -0.2) is 49.6 Å². The Morgan fingerprint density at radius 1 is 1.22 bits per heavy atom. The highest BCUT2D eigenvalue weighted by molar-refractivity contribution is 5.81. The number of hydrogen-bond acceptors (Lipinski definition) is 3. The number of nitrogens with one attached hydrogen (secondary N) is 2. The fraction of sp³-hybridized carbons (Fsp3) is 0.632. The van der Waals surface area contributed by atoms with Crippen molar-refractivity contribution >= 4 is 5.91 Å². The minimum Gasteiger partial charge on any atom is -0.354 e. The van der Waals surface area contributed by atoms with Crippen molar-refractivity contribution in [1.29, 1.82) is 0 Å². The van der Waals surface area contributed by atoms with E-state index in [-0.39, 0.29) is 11.9 Å². The molecule has 2 fully saturated rings. The summed E-state index contributed by atoms with van der Waals surface area (Å²) in [5.74, 6) is 0.811. The predicted molar refractivity (Wildman–Crippen MR) is 93.3 cm³/mol. The van der Waals surface area contributed by atoms with Gasteiger partial charge >= 0.3 is 0 Å². The molecule has 1 amide bonds. The molecule has 0 spiro atoms. The summed E-state index contributed by atoms with van der Waals surface area (Å²) < 4.78 is 0. The molecule has 1 aromatic rings. The fourth-order valence-electron chi connectivity index (χ4n) is 3.66. The number of likely N-dealkylation sites (tertiary alicyclic amines) is 1. The minimum atomic E-state index is 0.0411. The van der Waals surface area contributed by atoms with E-state index in [1.54, 1.807) is 0 Å². The second-order valence-corrected chi connectivity index (χ2v) is 6.94. The van der Waals surface area contributed by atoms with Gasteiger partial charge in [0.25, 0.3) is 0 Å². The molecule has 4 nitrogen and oxygen atoms in total. The van der Waals surface area contributed by atoms with Gasteiger partial charge in [0.15, 0.2) is 0 Å². The van der Waals surface area contributed by atoms with Crippen LogP contribution >= 0.6 is 0 Å². The van der Waals surface area contributed by atoms with Crippen molar-refractivity contribution in [3.8, 4) is 0 Å². The van der Waals surface area contributed by atoms with Gasteiger partial charge in [-0.2, -0.15) is 0 Å². The van der Waals surface area contributed by atoms with E-state index >= 15 is 0 Å². The van der Waals surface area contributed by atoms with Gasteiger partial charge in [-0.25, -0.2) is 0 Å². The second-order valence-electron chi connectivity index (χ2n) is 6.94. The van der Waals surface area contributed by atoms with Crippen molar-refractivity contribution < 1.29 is 4.79 Å². The Morgan fingerprint density at radius 2 is 2.09 bits per heavy atom. The summed E-state index contributed by atoms with van der Waals surface area (Å²) in [6.45, 7) is 5.21. The van der Waals surface area contributed by atoms with Crippen LogP contribution < -0.4 is 10.6 Å². The van der Waals surface area contributed by atoms with Crippen LogP contribution in [0.3, 0.4) is 0 Å². The Bertz CT molecular complexity index is 485. The lowest BCUT2D eigenvalue weighted by atomic mass is 10.0. The normalized spacial score (nSPS) is 25.4. The maximum atomic E-state index is 12.2. The molecule has 2 heterocycles. The Balaban J connectivity index is 1.34. The molecule has 1 aromatic carbocycles. The maximum absolute atomic E-state index is 12.2. The third-order valence-electron chi connectivity index (χ3n) is 5.12. The molecule has 126 valence electrons. The molecule has 0 aliphatic carbocycles. The average Bonchev–Trinajstić information content (AvgIpc) is 3.07. The molecule has 0 saturated carbocycles. The Morgan fingerprint density at radius 3 is 2.87 bits per heavy atom. The van der Waals surface area contributed by atoms with E-state index in [1.807, 2.05) is 0 Å². The van der Waals surface area contributed by atoms with Crippen LogP contribution in [-0.2, 0) is 11.2 Å². The van der Waals surface area contributed by atoms with E-state index in [2.05, 4.69) is 45.9 Å². The summed E-state index contributed by atoms with van der Waals surface area (Å²) in [5, 5.41) is 6.48. The van der Waals surface area contributed by atoms with Crippen LogP contribution in [0.2, 0.25) is 0 Å². The zero-order valence-electron chi connectivity index (χ0n) is 14.0. The molecular formula is C19H29N3O. The van der Waals surface area contributed by atoms with Crippen molar-refractivity contribution in [2.24, 2.45) is 5.92 Å². The van der Waals surface area contributed by atoms with Crippen LogP contribution in [0.5, 0.6) is 0 Å². The maximum Gasteiger partial charge on any atom is 0.237 e. The largest absolute Gasteiger partial charge is 0.354 e. The molecule has 3 rings (SSSR count). The fourth-order valence-corrected chi connectivity index (χ4v) is 3.66. The molecule has 0 bridgehead atoms. The molecule has 0 radical (unpaired) electrons. The van der Waals surface area contributed by atoms with Gasteiger partial charge in [-0.3, -0.25) is 4.79 Å². The van der Waals surface area contributed by atoms with E-state index in [4.69, 9.17) is 0 Å². The van der Waals surface area contributed by atoms with Gasteiger partial charge < -0.3 is 15.5 Å². The Hall–Kier alpha value is -1.39. The molecule has 1 unspecified atom stereocenters. The highest BCUT2D eigenvalue weighted by Gasteiger charge is 2.25. The van der Waals surface area contributed by atoms with Gasteiger partial charge in [0, 0.05) is 19.6 Å². The zero-order chi connectivity index (χ0) is 15.9. The number of nitrogens with zero attached hydrogens (tertiary/aromatic N) is 1. The van der Waals surface area contributed by atoms with E-state index in [9.17, 15) is 4.79 Å². The first-order chi connectivity index (χ1) is 11.3. The number of piperidine rings is 1. The summed E-state index contributed by atoms with van der Waals surface area (Å²) in [7, 11) is 0. The van der Waals surface area contributed by atoms with Crippen molar-refractivity contribution in [3.05, 3.63) is 35.9 Å². The highest BCUT2D eigenvalue weighted by atomic mass is 16.2. The third kappa shape index (κ3) is 5.05. The monoisotopic (exact) mass is 315 g/mol. The van der Waals surface area contributed by atoms with Gasteiger partial charge in [-0.05, 0) is 50.3 Å².